The van der Waals surface area contributed by atoms with Crippen molar-refractivity contribution in [2.24, 2.45) is 5.92 Å². The first-order valence-electron chi connectivity index (χ1n) is 10.2. The molecule has 3 aromatic rings. The Morgan fingerprint density at radius 1 is 1.23 bits per heavy atom. The van der Waals surface area contributed by atoms with Gasteiger partial charge in [-0.2, -0.15) is 0 Å². The van der Waals surface area contributed by atoms with Crippen molar-refractivity contribution in [1.82, 2.24) is 4.57 Å². The Morgan fingerprint density at radius 3 is 2.63 bits per heavy atom. The highest BCUT2D eigenvalue weighted by Gasteiger charge is 2.57. The Balaban J connectivity index is 1.83. The molecule has 30 heavy (non-hydrogen) atoms. The summed E-state index contributed by atoms with van der Waals surface area (Å²) in [5, 5.41) is 21.0. The van der Waals surface area contributed by atoms with Gasteiger partial charge in [0.2, 0.25) is 0 Å². The van der Waals surface area contributed by atoms with Crippen LogP contribution in [0.4, 0.5) is 4.39 Å². The molecule has 1 aromatic heterocycles. The Hall–Kier alpha value is -2.86. The number of fused-ring (bicyclic) bond motifs is 4. The number of carbonyl (C=O) groups is 1. The lowest BCUT2D eigenvalue weighted by molar-refractivity contribution is -0.218. The fourth-order valence-corrected chi connectivity index (χ4v) is 5.31. The zero-order valence-electron chi connectivity index (χ0n) is 17.2. The number of aromatic nitrogens is 1. The average Bonchev–Trinajstić information content (AvgIpc) is 2.95. The molecule has 2 aliphatic rings. The molecule has 2 heterocycles. The molecule has 5 nitrogen and oxygen atoms in total. The molecule has 1 saturated carbocycles. The van der Waals surface area contributed by atoms with E-state index in [1.165, 1.54) is 6.07 Å². The highest BCUT2D eigenvalue weighted by Crippen LogP contribution is 2.58. The third kappa shape index (κ3) is 2.59. The summed E-state index contributed by atoms with van der Waals surface area (Å²) >= 11 is 0. The Bertz CT molecular complexity index is 1200. The second-order valence-corrected chi connectivity index (χ2v) is 9.24. The van der Waals surface area contributed by atoms with E-state index in [2.05, 4.69) is 4.57 Å². The van der Waals surface area contributed by atoms with Gasteiger partial charge in [0.25, 0.3) is 0 Å². The summed E-state index contributed by atoms with van der Waals surface area (Å²) in [7, 11) is 0. The smallest absolute Gasteiger partial charge is 0.306 e. The summed E-state index contributed by atoms with van der Waals surface area (Å²) in [4.78, 5) is 11.6. The van der Waals surface area contributed by atoms with Crippen LogP contribution in [0.3, 0.4) is 0 Å². The number of nitrogens with zero attached hydrogens (tertiary/aromatic N) is 1. The van der Waals surface area contributed by atoms with E-state index in [1.54, 1.807) is 31.2 Å². The summed E-state index contributed by atoms with van der Waals surface area (Å²) in [5.41, 5.74) is 2.76. The molecular weight excluding hydrogens is 385 g/mol. The van der Waals surface area contributed by atoms with Crippen LogP contribution in [-0.2, 0) is 21.6 Å². The van der Waals surface area contributed by atoms with Crippen molar-refractivity contribution in [2.45, 2.75) is 51.2 Å². The second kappa shape index (κ2) is 6.08. The number of hydrogen-bond acceptors (Lipinski definition) is 3. The van der Waals surface area contributed by atoms with E-state index in [1.807, 2.05) is 19.9 Å². The fraction of sp³-hybridized carbons (Fsp3) is 0.375. The van der Waals surface area contributed by atoms with Gasteiger partial charge in [-0.3, -0.25) is 4.79 Å². The maximum absolute atomic E-state index is 14.0. The van der Waals surface area contributed by atoms with E-state index in [-0.39, 0.29) is 11.6 Å². The molecule has 6 heteroatoms. The van der Waals surface area contributed by atoms with Crippen LogP contribution in [0.25, 0.3) is 16.6 Å². The average molecular weight is 409 g/mol. The molecule has 156 valence electrons. The van der Waals surface area contributed by atoms with E-state index >= 15 is 0 Å². The number of aliphatic carboxylic acids is 1. The Labute approximate surface area is 173 Å². The molecule has 0 atom stereocenters. The van der Waals surface area contributed by atoms with E-state index in [4.69, 9.17) is 4.74 Å². The van der Waals surface area contributed by atoms with Gasteiger partial charge in [-0.1, -0.05) is 6.07 Å². The van der Waals surface area contributed by atoms with Gasteiger partial charge in [0.1, 0.15) is 11.6 Å². The first-order chi connectivity index (χ1) is 14.1. The van der Waals surface area contributed by atoms with Crippen molar-refractivity contribution >= 4 is 16.9 Å². The van der Waals surface area contributed by atoms with Gasteiger partial charge >= 0.3 is 5.97 Å². The molecule has 1 fully saturated rings. The van der Waals surface area contributed by atoms with Crippen molar-refractivity contribution < 1.29 is 24.1 Å². The maximum Gasteiger partial charge on any atom is 0.306 e. The van der Waals surface area contributed by atoms with E-state index in [0.29, 0.717) is 30.2 Å². The van der Waals surface area contributed by atoms with Crippen molar-refractivity contribution in [3.05, 3.63) is 59.0 Å². The maximum atomic E-state index is 14.0. The van der Waals surface area contributed by atoms with Crippen molar-refractivity contribution in [3.63, 3.8) is 0 Å². The van der Waals surface area contributed by atoms with E-state index in [9.17, 15) is 19.4 Å². The molecule has 0 unspecified atom stereocenters. The van der Waals surface area contributed by atoms with Crippen LogP contribution in [-0.4, -0.2) is 26.4 Å². The number of phenolic OH excluding ortho intramolecular Hbond substituents is 1. The monoisotopic (exact) mass is 409 g/mol. The molecule has 0 radical (unpaired) electrons. The van der Waals surface area contributed by atoms with Crippen molar-refractivity contribution in [3.8, 4) is 11.4 Å². The normalized spacial score (nSPS) is 24.6. The van der Waals surface area contributed by atoms with Gasteiger partial charge in [-0.05, 0) is 69.5 Å². The lowest BCUT2D eigenvalue weighted by atomic mass is 9.64. The SMILES string of the molecule is Cc1cc(-n2c3c(c4c(O)cccc42)[C@]2(C[C@H](C(=O)O)C2)OC(C)(C)C3)ccc1F. The van der Waals surface area contributed by atoms with Crippen molar-refractivity contribution in [1.29, 1.82) is 0 Å². The number of halogens is 1. The molecular formula is C24H24FNO4. The Morgan fingerprint density at radius 2 is 1.97 bits per heavy atom. The minimum atomic E-state index is -0.823. The first-order valence-corrected chi connectivity index (χ1v) is 10.2. The largest absolute Gasteiger partial charge is 0.507 e. The summed E-state index contributed by atoms with van der Waals surface area (Å²) in [5.74, 6) is -1.42. The molecule has 0 bridgehead atoms. The molecule has 0 saturated heterocycles. The van der Waals surface area contributed by atoms with Crippen LogP contribution in [0.15, 0.2) is 36.4 Å². The number of phenols is 1. The third-order valence-electron chi connectivity index (χ3n) is 6.49. The number of aromatic hydroxyl groups is 1. The minimum absolute atomic E-state index is 0.141. The number of ether oxygens (including phenoxy) is 1. The van der Waals surface area contributed by atoms with Crippen LogP contribution in [0.2, 0.25) is 0 Å². The first kappa shape index (κ1) is 19.1. The third-order valence-corrected chi connectivity index (χ3v) is 6.49. The topological polar surface area (TPSA) is 71.7 Å². The molecule has 2 N–H and O–H groups in total. The summed E-state index contributed by atoms with van der Waals surface area (Å²) in [6.45, 7) is 5.74. The van der Waals surface area contributed by atoms with Crippen LogP contribution >= 0.6 is 0 Å². The van der Waals surface area contributed by atoms with Crippen LogP contribution in [0.5, 0.6) is 5.75 Å². The summed E-state index contributed by atoms with van der Waals surface area (Å²) < 4.78 is 22.5. The molecule has 1 aliphatic heterocycles. The van der Waals surface area contributed by atoms with Gasteiger partial charge in [-0.15, -0.1) is 0 Å². The predicted molar refractivity (Wildman–Crippen MR) is 111 cm³/mol. The number of hydrogen-bond donors (Lipinski definition) is 2. The van der Waals surface area contributed by atoms with E-state index < -0.39 is 23.1 Å². The summed E-state index contributed by atoms with van der Waals surface area (Å²) in [6.07, 6.45) is 1.33. The molecule has 0 amide bonds. The zero-order valence-corrected chi connectivity index (χ0v) is 17.2. The molecule has 5 rings (SSSR count). The van der Waals surface area contributed by atoms with Gasteiger partial charge in [-0.25, -0.2) is 4.39 Å². The fourth-order valence-electron chi connectivity index (χ4n) is 5.31. The van der Waals surface area contributed by atoms with Gasteiger partial charge < -0.3 is 19.5 Å². The number of carboxylic acid groups (broad SMARTS) is 1. The number of benzene rings is 2. The highest BCUT2D eigenvalue weighted by atomic mass is 19.1. The van der Waals surface area contributed by atoms with E-state index in [0.717, 1.165) is 22.5 Å². The highest BCUT2D eigenvalue weighted by molar-refractivity contribution is 5.94. The quantitative estimate of drug-likeness (QED) is 0.636. The van der Waals surface area contributed by atoms with Crippen molar-refractivity contribution in [2.75, 3.05) is 0 Å². The van der Waals surface area contributed by atoms with Crippen LogP contribution in [0, 0.1) is 18.7 Å². The molecule has 2 aromatic carbocycles. The van der Waals surface area contributed by atoms with Crippen LogP contribution in [0.1, 0.15) is 43.5 Å². The summed E-state index contributed by atoms with van der Waals surface area (Å²) in [6, 6.07) is 10.4. The van der Waals surface area contributed by atoms with Gasteiger partial charge in [0.05, 0.1) is 22.6 Å². The zero-order chi connectivity index (χ0) is 21.4. The minimum Gasteiger partial charge on any atom is -0.507 e. The number of aryl methyl sites for hydroxylation is 1. The van der Waals surface area contributed by atoms with Crippen LogP contribution < -0.4 is 0 Å². The van der Waals surface area contributed by atoms with Gasteiger partial charge in [0, 0.05) is 28.8 Å². The standard InChI is InChI=1S/C24H24FNO4/c1-13-9-15(7-8-16(13)25)26-17-5-4-6-19(27)20(17)21-18(26)12-23(2,3)30-24(21)10-14(11-24)22(28)29/h4-9,14,27H,10-12H2,1-3H3,(H,28,29)/t14-,24+. The number of carboxylic acids is 1. The lowest BCUT2D eigenvalue weighted by Crippen LogP contribution is -2.54. The lowest BCUT2D eigenvalue weighted by Gasteiger charge is -2.53. The molecule has 1 spiro atoms. The second-order valence-electron chi connectivity index (χ2n) is 9.24. The predicted octanol–water partition coefficient (Wildman–Crippen LogP) is 4.82. The van der Waals surface area contributed by atoms with Gasteiger partial charge in [0.15, 0.2) is 0 Å². The number of rotatable bonds is 2. The Kier molecular flexibility index (Phi) is 3.87. The molecule has 1 aliphatic carbocycles.